The smallest absolute Gasteiger partial charge is 0.410 e. The lowest BCUT2D eigenvalue weighted by Crippen LogP contribution is -2.61. The molecule has 2 fully saturated rings. The Bertz CT molecular complexity index is 1190. The van der Waals surface area contributed by atoms with Crippen LogP contribution >= 0.6 is 15.2 Å². The van der Waals surface area contributed by atoms with Crippen molar-refractivity contribution in [3.05, 3.63) is 59.9 Å². The second-order valence-electron chi connectivity index (χ2n) is 8.61. The molecular weight excluding hydrogens is 490 g/mol. The van der Waals surface area contributed by atoms with Gasteiger partial charge in [-0.15, -0.1) is 0 Å². The third-order valence-corrected chi connectivity index (χ3v) is 10.1. The number of ether oxygens (including phenoxy) is 1. The summed E-state index contributed by atoms with van der Waals surface area (Å²) < 4.78 is 40.9. The topological polar surface area (TPSA) is 173 Å². The van der Waals surface area contributed by atoms with Crippen LogP contribution < -0.4 is 4.74 Å². The van der Waals surface area contributed by atoms with Gasteiger partial charge < -0.3 is 19.6 Å². The molecule has 2 atom stereocenters. The molecule has 3 heterocycles. The highest BCUT2D eigenvalue weighted by Crippen LogP contribution is 2.79. The molecule has 3 N–H and O–H groups in total. The molecule has 2 aromatic rings. The Balaban J connectivity index is 1.48. The number of rotatable bonds is 4. The average molecular weight is 512 g/mol. The van der Waals surface area contributed by atoms with Crippen LogP contribution in [0.15, 0.2) is 48.8 Å². The van der Waals surface area contributed by atoms with Gasteiger partial charge in [0.2, 0.25) is 12.2 Å². The van der Waals surface area contributed by atoms with Gasteiger partial charge >= 0.3 is 21.3 Å². The molecule has 1 aromatic heterocycles. The van der Waals surface area contributed by atoms with Gasteiger partial charge in [0, 0.05) is 30.9 Å². The summed E-state index contributed by atoms with van der Waals surface area (Å²) in [5, 5.41) is 7.63. The van der Waals surface area contributed by atoms with Gasteiger partial charge in [-0.1, -0.05) is 18.2 Å². The first-order valence-electron chi connectivity index (χ1n) is 10.0. The highest BCUT2D eigenvalue weighted by molar-refractivity contribution is 7.73. The van der Waals surface area contributed by atoms with Gasteiger partial charge in [0.05, 0.1) is 5.41 Å². The monoisotopic (exact) mass is 512 g/mol. The van der Waals surface area contributed by atoms with Gasteiger partial charge in [0.1, 0.15) is 5.75 Å². The maximum absolute atomic E-state index is 12.8. The number of carbonyl (C=O) groups is 2. The molecule has 0 radical (unpaired) electrons. The zero-order valence-corrected chi connectivity index (χ0v) is 19.9. The van der Waals surface area contributed by atoms with Crippen LogP contribution in [0, 0.1) is 5.41 Å². The number of hydrogen-bond acceptors (Lipinski definition) is 9. The van der Waals surface area contributed by atoms with E-state index in [9.17, 15) is 33.6 Å². The van der Waals surface area contributed by atoms with Crippen molar-refractivity contribution in [2.24, 2.45) is 5.41 Å². The highest BCUT2D eigenvalue weighted by atomic mass is 31.2. The molecule has 0 bridgehead atoms. The van der Waals surface area contributed by atoms with Crippen LogP contribution in [0.25, 0.3) is 0 Å². The van der Waals surface area contributed by atoms with Crippen molar-refractivity contribution in [1.82, 2.24) is 9.88 Å². The molecule has 34 heavy (non-hydrogen) atoms. The summed E-state index contributed by atoms with van der Waals surface area (Å²) in [5.41, 5.74) is -0.365. The molecule has 0 aliphatic carbocycles. The predicted molar refractivity (Wildman–Crippen MR) is 115 cm³/mol. The van der Waals surface area contributed by atoms with E-state index in [0.717, 1.165) is 4.90 Å². The Morgan fingerprint density at radius 2 is 1.79 bits per heavy atom. The minimum atomic E-state index is -5.12. The highest BCUT2D eigenvalue weighted by Gasteiger charge is 2.67. The number of imide groups is 1. The van der Waals surface area contributed by atoms with Gasteiger partial charge in [-0.25, -0.2) is 9.69 Å². The molecule has 2 aliphatic heterocycles. The number of amides is 2. The fourth-order valence-electron chi connectivity index (χ4n) is 3.51. The van der Waals surface area contributed by atoms with E-state index in [1.807, 2.05) is 0 Å². The molecule has 0 spiro atoms. The zero-order valence-electron chi connectivity index (χ0n) is 18.1. The van der Waals surface area contributed by atoms with Crippen molar-refractivity contribution in [3.63, 3.8) is 0 Å². The lowest BCUT2D eigenvalue weighted by molar-refractivity contribution is -0.152. The number of β-lactam (4-membered cyclic amide) rings is 1. The van der Waals surface area contributed by atoms with E-state index in [-0.39, 0.29) is 29.3 Å². The van der Waals surface area contributed by atoms with Crippen LogP contribution in [0.5, 0.6) is 5.75 Å². The first kappa shape index (κ1) is 24.7. The SMILES string of the molecule is CC1(C)CN(C(=O)Oc2ccc(C3OP(=O)(O)C(O)(Cc4cccnc4)P(=O)(O)O3)cc2)C1=O. The minimum absolute atomic E-state index is 0.0490. The normalized spacial score (nSPS) is 32.7. The van der Waals surface area contributed by atoms with Crippen LogP contribution in [0.4, 0.5) is 4.79 Å². The van der Waals surface area contributed by atoms with Crippen molar-refractivity contribution in [3.8, 4) is 5.75 Å². The first-order chi connectivity index (χ1) is 15.8. The standard InChI is InChI=1S/C20H22N2O10P2/c1-19(2)12-22(17(19)23)18(24)30-15-7-5-14(6-8-15)16-31-33(26,27)20(25,34(28,29)32-16)10-13-4-3-9-21-11-13/h3-9,11,16,25H,10,12H2,1-2H3,(H,26,27)(H,28,29). The molecule has 182 valence electrons. The predicted octanol–water partition coefficient (Wildman–Crippen LogP) is 2.75. The van der Waals surface area contributed by atoms with E-state index in [0.29, 0.717) is 0 Å². The Kier molecular flexibility index (Phi) is 6.06. The molecule has 4 rings (SSSR count). The van der Waals surface area contributed by atoms with E-state index in [4.69, 9.17) is 13.8 Å². The lowest BCUT2D eigenvalue weighted by Gasteiger charge is -2.41. The molecule has 2 saturated heterocycles. The Morgan fingerprint density at radius 1 is 1.18 bits per heavy atom. The molecule has 12 nitrogen and oxygen atoms in total. The lowest BCUT2D eigenvalue weighted by atomic mass is 9.84. The summed E-state index contributed by atoms with van der Waals surface area (Å²) in [5.74, 6) is -0.316. The van der Waals surface area contributed by atoms with E-state index >= 15 is 0 Å². The van der Waals surface area contributed by atoms with E-state index in [2.05, 4.69) is 4.98 Å². The van der Waals surface area contributed by atoms with E-state index in [1.54, 1.807) is 13.8 Å². The summed E-state index contributed by atoms with van der Waals surface area (Å²) in [4.78, 5) is 49.6. The quantitative estimate of drug-likeness (QED) is 0.406. The van der Waals surface area contributed by atoms with E-state index in [1.165, 1.54) is 48.8 Å². The zero-order chi connectivity index (χ0) is 24.9. The third kappa shape index (κ3) is 4.23. The average Bonchev–Trinajstić information content (AvgIpc) is 2.76. The van der Waals surface area contributed by atoms with Crippen LogP contribution in [0.2, 0.25) is 0 Å². The molecule has 14 heteroatoms. The Morgan fingerprint density at radius 3 is 2.29 bits per heavy atom. The Hall–Kier alpha value is -2.43. The van der Waals surface area contributed by atoms with E-state index < -0.39 is 44.5 Å². The van der Waals surface area contributed by atoms with Crippen molar-refractivity contribution in [1.29, 1.82) is 0 Å². The number of pyridine rings is 1. The number of carbonyl (C=O) groups excluding carboxylic acids is 2. The summed E-state index contributed by atoms with van der Waals surface area (Å²) in [7, 11) is -10.2. The second kappa shape index (κ2) is 8.35. The molecule has 2 aliphatic rings. The maximum Gasteiger partial charge on any atom is 0.422 e. The van der Waals surface area contributed by atoms with Crippen molar-refractivity contribution in [2.45, 2.75) is 31.6 Å². The molecule has 2 amide bonds. The van der Waals surface area contributed by atoms with Gasteiger partial charge in [0.25, 0.3) is 5.08 Å². The largest absolute Gasteiger partial charge is 0.422 e. The van der Waals surface area contributed by atoms with Crippen molar-refractivity contribution >= 4 is 27.2 Å². The van der Waals surface area contributed by atoms with Gasteiger partial charge in [-0.3, -0.25) is 28.0 Å². The van der Waals surface area contributed by atoms with Crippen LogP contribution in [0.1, 0.15) is 31.3 Å². The number of likely N-dealkylation sites (tertiary alicyclic amines) is 1. The van der Waals surface area contributed by atoms with Crippen LogP contribution in [0.3, 0.4) is 0 Å². The van der Waals surface area contributed by atoms with Crippen molar-refractivity contribution in [2.75, 3.05) is 6.54 Å². The van der Waals surface area contributed by atoms with Crippen LogP contribution in [-0.4, -0.2) is 48.4 Å². The minimum Gasteiger partial charge on any atom is -0.410 e. The number of aromatic nitrogens is 1. The molecule has 0 saturated carbocycles. The number of nitrogens with zero attached hydrogens (tertiary/aromatic N) is 2. The fraction of sp³-hybridized carbons (Fsp3) is 0.350. The maximum atomic E-state index is 12.8. The molecule has 1 aromatic carbocycles. The van der Waals surface area contributed by atoms with Gasteiger partial charge in [-0.05, 0) is 37.6 Å². The molecular formula is C20H22N2O10P2. The molecule has 2 unspecified atom stereocenters. The number of hydrogen-bond donors (Lipinski definition) is 3. The first-order valence-corrected chi connectivity index (χ1v) is 13.2. The summed E-state index contributed by atoms with van der Waals surface area (Å²) in [6, 6.07) is 8.07. The third-order valence-electron chi connectivity index (χ3n) is 5.50. The van der Waals surface area contributed by atoms with Gasteiger partial charge in [-0.2, -0.15) is 0 Å². The summed E-state index contributed by atoms with van der Waals surface area (Å²) in [6.45, 7) is 3.62. The Labute approximate surface area is 194 Å². The van der Waals surface area contributed by atoms with Crippen molar-refractivity contribution < 1.29 is 47.4 Å². The number of aliphatic hydroxyl groups is 1. The fourth-order valence-corrected chi connectivity index (χ4v) is 7.09. The van der Waals surface area contributed by atoms with Crippen LogP contribution in [-0.2, 0) is 29.4 Å². The second-order valence-corrected chi connectivity index (χ2v) is 12.9. The summed E-state index contributed by atoms with van der Waals surface area (Å²) in [6.07, 6.45) is -0.641. The van der Waals surface area contributed by atoms with Gasteiger partial charge in [0.15, 0.2) is 0 Å². The summed E-state index contributed by atoms with van der Waals surface area (Å²) >= 11 is 0. The number of benzene rings is 1.